The first-order valence-electron chi connectivity index (χ1n) is 11.6. The molecule has 0 aromatic carbocycles. The van der Waals surface area contributed by atoms with E-state index in [2.05, 4.69) is 19.9 Å². The van der Waals surface area contributed by atoms with E-state index in [0.717, 1.165) is 37.7 Å². The van der Waals surface area contributed by atoms with E-state index in [0.29, 0.717) is 30.4 Å². The number of rotatable bonds is 4. The Bertz CT molecular complexity index is 860. The molecule has 0 heterocycles. The van der Waals surface area contributed by atoms with Crippen LogP contribution in [-0.2, 0) is 19.1 Å². The fourth-order valence-corrected chi connectivity index (χ4v) is 7.22. The number of Topliss-reactive ketones (excluding diaryl/α,β-unsaturated/α-hetero) is 1. The molecule has 170 valence electrons. The summed E-state index contributed by atoms with van der Waals surface area (Å²) in [5.74, 6) is 1.83. The van der Waals surface area contributed by atoms with Crippen LogP contribution in [0.1, 0.15) is 72.6 Å². The zero-order valence-corrected chi connectivity index (χ0v) is 19.7. The van der Waals surface area contributed by atoms with E-state index >= 15 is 0 Å². The minimum Gasteiger partial charge on any atom is -0.414 e. The summed E-state index contributed by atoms with van der Waals surface area (Å²) in [4.78, 5) is 37.1. The van der Waals surface area contributed by atoms with E-state index in [1.165, 1.54) is 0 Å². The molecule has 6 heteroatoms. The molecule has 0 N–H and O–H groups in total. The maximum absolute atomic E-state index is 12.4. The predicted octanol–water partition coefficient (Wildman–Crippen LogP) is 5.96. The molecular weight excluding hydrogens is 416 g/mol. The Labute approximate surface area is 189 Å². The molecule has 4 aliphatic rings. The van der Waals surface area contributed by atoms with Crippen LogP contribution in [0.3, 0.4) is 0 Å². The third kappa shape index (κ3) is 3.67. The summed E-state index contributed by atoms with van der Waals surface area (Å²) < 4.78 is 10.8. The summed E-state index contributed by atoms with van der Waals surface area (Å²) in [6.07, 6.45) is 8.59. The summed E-state index contributed by atoms with van der Waals surface area (Å²) in [5, 5.41) is 0. The molecular formula is C25H33ClO5. The molecule has 7 atom stereocenters. The van der Waals surface area contributed by atoms with Crippen LogP contribution in [0.15, 0.2) is 23.5 Å². The van der Waals surface area contributed by atoms with E-state index in [1.54, 1.807) is 13.0 Å². The molecule has 0 spiro atoms. The Morgan fingerprint density at radius 2 is 1.94 bits per heavy atom. The Balaban J connectivity index is 1.73. The van der Waals surface area contributed by atoms with Crippen LogP contribution in [0.2, 0.25) is 0 Å². The molecule has 4 aliphatic carbocycles. The quantitative estimate of drug-likeness (QED) is 0.392. The van der Waals surface area contributed by atoms with Gasteiger partial charge in [0, 0.05) is 23.3 Å². The SMILES string of the molecule is CCC(Cl)OC(=O)OC1=C[C@H]2[C@@H]3CC[C@H](C(C)=O)[C@@]3(C)CC[C@@H]2[C@@]2(C)CCC(=O)C=C12. The highest BCUT2D eigenvalue weighted by Crippen LogP contribution is 2.66. The van der Waals surface area contributed by atoms with E-state index in [-0.39, 0.29) is 34.2 Å². The van der Waals surface area contributed by atoms with Crippen molar-refractivity contribution in [3.63, 3.8) is 0 Å². The molecule has 1 unspecified atom stereocenters. The van der Waals surface area contributed by atoms with E-state index in [4.69, 9.17) is 21.1 Å². The van der Waals surface area contributed by atoms with E-state index in [1.807, 2.05) is 6.92 Å². The maximum Gasteiger partial charge on any atom is 0.515 e. The molecule has 0 aromatic heterocycles. The van der Waals surface area contributed by atoms with Crippen LogP contribution in [-0.4, -0.2) is 23.3 Å². The molecule has 31 heavy (non-hydrogen) atoms. The van der Waals surface area contributed by atoms with Gasteiger partial charge in [-0.2, -0.15) is 0 Å². The van der Waals surface area contributed by atoms with E-state index < -0.39 is 11.7 Å². The van der Waals surface area contributed by atoms with Crippen molar-refractivity contribution in [2.45, 2.75) is 78.2 Å². The highest BCUT2D eigenvalue weighted by atomic mass is 35.5. The van der Waals surface area contributed by atoms with Crippen LogP contribution in [0, 0.1) is 34.5 Å². The van der Waals surface area contributed by atoms with Gasteiger partial charge in [-0.3, -0.25) is 9.59 Å². The van der Waals surface area contributed by atoms with Crippen LogP contribution in [0.25, 0.3) is 0 Å². The van der Waals surface area contributed by atoms with Crippen LogP contribution >= 0.6 is 11.6 Å². The topological polar surface area (TPSA) is 69.7 Å². The lowest BCUT2D eigenvalue weighted by Gasteiger charge is -2.56. The van der Waals surface area contributed by atoms with Crippen molar-refractivity contribution in [1.29, 1.82) is 0 Å². The monoisotopic (exact) mass is 448 g/mol. The summed E-state index contributed by atoms with van der Waals surface area (Å²) in [6, 6.07) is 0. The molecule has 2 fully saturated rings. The minimum atomic E-state index is -0.834. The lowest BCUT2D eigenvalue weighted by atomic mass is 9.48. The molecule has 0 amide bonds. The van der Waals surface area contributed by atoms with Gasteiger partial charge in [-0.05, 0) is 80.8 Å². The highest BCUT2D eigenvalue weighted by molar-refractivity contribution is 6.20. The molecule has 2 saturated carbocycles. The van der Waals surface area contributed by atoms with Crippen molar-refractivity contribution in [1.82, 2.24) is 0 Å². The summed E-state index contributed by atoms with van der Waals surface area (Å²) in [7, 11) is 0. The average molecular weight is 449 g/mol. The number of ether oxygens (including phenoxy) is 2. The fraction of sp³-hybridized carbons (Fsp3) is 0.720. The van der Waals surface area contributed by atoms with Gasteiger partial charge >= 0.3 is 6.16 Å². The maximum atomic E-state index is 12.4. The number of hydrogen-bond donors (Lipinski definition) is 0. The Hall–Kier alpha value is -1.62. The first kappa shape index (κ1) is 22.6. The number of halogens is 1. The molecule has 0 aliphatic heterocycles. The Morgan fingerprint density at radius 1 is 1.19 bits per heavy atom. The fourth-order valence-electron chi connectivity index (χ4n) is 7.15. The van der Waals surface area contributed by atoms with Gasteiger partial charge in [0.1, 0.15) is 11.5 Å². The molecule has 0 radical (unpaired) electrons. The van der Waals surface area contributed by atoms with Crippen molar-refractivity contribution in [2.75, 3.05) is 0 Å². The molecule has 0 saturated heterocycles. The zero-order chi connectivity index (χ0) is 22.6. The van der Waals surface area contributed by atoms with Crippen molar-refractivity contribution in [3.8, 4) is 0 Å². The Morgan fingerprint density at radius 3 is 2.61 bits per heavy atom. The van der Waals surface area contributed by atoms with Crippen molar-refractivity contribution < 1.29 is 23.9 Å². The summed E-state index contributed by atoms with van der Waals surface area (Å²) >= 11 is 5.97. The molecule has 0 aromatic rings. The van der Waals surface area contributed by atoms with Crippen molar-refractivity contribution >= 4 is 29.3 Å². The highest BCUT2D eigenvalue weighted by Gasteiger charge is 2.60. The normalized spacial score (nSPS) is 40.0. The van der Waals surface area contributed by atoms with Crippen LogP contribution < -0.4 is 0 Å². The van der Waals surface area contributed by atoms with Crippen LogP contribution in [0.4, 0.5) is 4.79 Å². The van der Waals surface area contributed by atoms with Crippen molar-refractivity contribution in [3.05, 3.63) is 23.5 Å². The number of ketones is 2. The van der Waals surface area contributed by atoms with Gasteiger partial charge < -0.3 is 9.47 Å². The van der Waals surface area contributed by atoms with Gasteiger partial charge in [0.2, 0.25) is 0 Å². The van der Waals surface area contributed by atoms with Crippen LogP contribution in [0.5, 0.6) is 0 Å². The number of carbonyl (C=O) groups excluding carboxylic acids is 3. The van der Waals surface area contributed by atoms with Crippen molar-refractivity contribution in [2.24, 2.45) is 34.5 Å². The van der Waals surface area contributed by atoms with E-state index in [9.17, 15) is 14.4 Å². The number of allylic oxidation sites excluding steroid dienone is 3. The summed E-state index contributed by atoms with van der Waals surface area (Å²) in [5.41, 5.74) is -0.194. The number of hydrogen-bond acceptors (Lipinski definition) is 5. The standard InChI is InChI=1S/C25H33ClO5/c1-5-22(26)31-23(29)30-21-13-16-18-7-6-17(14(2)27)24(18,3)11-9-19(16)25(4)10-8-15(28)12-20(21)25/h12-13,16-19,22H,5-11H2,1-4H3/t16-,17+,18-,19-,22?,24+,25+/m0/s1. The van der Waals surface area contributed by atoms with Gasteiger partial charge in [-0.25, -0.2) is 4.79 Å². The third-order valence-corrected chi connectivity index (χ3v) is 9.20. The van der Waals surface area contributed by atoms with Gasteiger partial charge in [0.25, 0.3) is 0 Å². The largest absolute Gasteiger partial charge is 0.515 e. The minimum absolute atomic E-state index is 0.0272. The number of alkyl halides is 1. The Kier molecular flexibility index (Phi) is 5.87. The first-order valence-corrected chi connectivity index (χ1v) is 12.0. The van der Waals surface area contributed by atoms with Gasteiger partial charge in [-0.15, -0.1) is 0 Å². The first-order chi connectivity index (χ1) is 14.6. The lowest BCUT2D eigenvalue weighted by molar-refractivity contribution is -0.127. The lowest BCUT2D eigenvalue weighted by Crippen LogP contribution is -2.50. The average Bonchev–Trinajstić information content (AvgIpc) is 3.06. The number of fused-ring (bicyclic) bond motifs is 5. The predicted molar refractivity (Wildman–Crippen MR) is 117 cm³/mol. The second-order valence-electron chi connectivity index (χ2n) is 10.3. The second kappa shape index (κ2) is 8.06. The van der Waals surface area contributed by atoms with Gasteiger partial charge in [0.05, 0.1) is 0 Å². The smallest absolute Gasteiger partial charge is 0.414 e. The van der Waals surface area contributed by atoms with Gasteiger partial charge in [0.15, 0.2) is 11.3 Å². The summed E-state index contributed by atoms with van der Waals surface area (Å²) in [6.45, 7) is 8.02. The molecule has 0 bridgehead atoms. The zero-order valence-electron chi connectivity index (χ0n) is 18.9. The molecule has 5 nitrogen and oxygen atoms in total. The third-order valence-electron chi connectivity index (χ3n) is 8.80. The van der Waals surface area contributed by atoms with Gasteiger partial charge in [-0.1, -0.05) is 32.4 Å². The second-order valence-corrected chi connectivity index (χ2v) is 10.8. The number of carbonyl (C=O) groups is 3. The molecule has 4 rings (SSSR count).